The lowest BCUT2D eigenvalue weighted by Gasteiger charge is -2.38. The molecular formula is C31H26ClFN8O5S2. The minimum atomic E-state index is -1.07. The van der Waals surface area contributed by atoms with E-state index in [0.29, 0.717) is 71.3 Å². The molecule has 48 heavy (non-hydrogen) atoms. The van der Waals surface area contributed by atoms with E-state index in [1.54, 1.807) is 22.5 Å². The zero-order valence-electron chi connectivity index (χ0n) is 25.2. The number of ether oxygens (including phenoxy) is 1. The van der Waals surface area contributed by atoms with E-state index in [4.69, 9.17) is 26.4 Å². The van der Waals surface area contributed by atoms with E-state index in [2.05, 4.69) is 25.2 Å². The number of anilines is 1. The maximum Gasteiger partial charge on any atom is 0.338 e. The molecule has 0 saturated carbocycles. The highest BCUT2D eigenvalue weighted by Gasteiger charge is 2.43. The van der Waals surface area contributed by atoms with Crippen molar-refractivity contribution in [2.75, 3.05) is 44.7 Å². The summed E-state index contributed by atoms with van der Waals surface area (Å²) in [5.74, 6) is -1.73. The van der Waals surface area contributed by atoms with Crippen molar-refractivity contribution in [3.8, 4) is 11.4 Å². The summed E-state index contributed by atoms with van der Waals surface area (Å²) in [6.45, 7) is 2.22. The number of aromatic carboxylic acids is 1. The van der Waals surface area contributed by atoms with Gasteiger partial charge < -0.3 is 20.1 Å². The molecule has 4 aromatic rings. The molecule has 0 radical (unpaired) electrons. The Hall–Kier alpha value is -4.77. The second-order valence-corrected chi connectivity index (χ2v) is 13.3. The third kappa shape index (κ3) is 6.03. The van der Waals surface area contributed by atoms with Gasteiger partial charge in [0, 0.05) is 65.6 Å². The van der Waals surface area contributed by atoms with Crippen molar-refractivity contribution < 1.29 is 28.6 Å². The van der Waals surface area contributed by atoms with Gasteiger partial charge in [-0.25, -0.2) is 28.7 Å². The van der Waals surface area contributed by atoms with Gasteiger partial charge in [0.1, 0.15) is 17.6 Å². The predicted octanol–water partition coefficient (Wildman–Crippen LogP) is 4.30. The number of aromatic nitrogens is 3. The fourth-order valence-electron chi connectivity index (χ4n) is 5.94. The number of nitrogens with zero attached hydrogens (tertiary/aromatic N) is 7. The number of halogens is 2. The Bertz CT molecular complexity index is 1970. The van der Waals surface area contributed by atoms with Crippen LogP contribution in [0.1, 0.15) is 27.0 Å². The van der Waals surface area contributed by atoms with E-state index >= 15 is 0 Å². The average Bonchev–Trinajstić information content (AvgIpc) is 3.85. The molecule has 2 amide bonds. The van der Waals surface area contributed by atoms with Crippen LogP contribution in [0, 0.1) is 5.82 Å². The van der Waals surface area contributed by atoms with Gasteiger partial charge in [-0.05, 0) is 24.3 Å². The molecule has 2 atom stereocenters. The number of thiazole rings is 2. The van der Waals surface area contributed by atoms with Gasteiger partial charge in [-0.1, -0.05) is 17.7 Å². The average molecular weight is 709 g/mol. The normalized spacial score (nSPS) is 19.6. The number of esters is 1. The molecule has 7 rings (SSSR count). The number of carboxylic acid groups (broad SMARTS) is 1. The van der Waals surface area contributed by atoms with Crippen molar-refractivity contribution in [2.45, 2.75) is 12.1 Å². The minimum Gasteiger partial charge on any atom is -0.478 e. The topological polar surface area (TPSA) is 153 Å². The minimum absolute atomic E-state index is 0.0738. The van der Waals surface area contributed by atoms with Crippen LogP contribution in [0.5, 0.6) is 0 Å². The summed E-state index contributed by atoms with van der Waals surface area (Å²) < 4.78 is 19.2. The Morgan fingerprint density at radius 3 is 2.71 bits per heavy atom. The number of amidine groups is 1. The van der Waals surface area contributed by atoms with Gasteiger partial charge in [0.2, 0.25) is 0 Å². The number of hydrogen-bond donors (Lipinski definition) is 2. The highest BCUT2D eigenvalue weighted by molar-refractivity contribution is 7.14. The van der Waals surface area contributed by atoms with Gasteiger partial charge in [0.25, 0.3) is 0 Å². The van der Waals surface area contributed by atoms with E-state index in [-0.39, 0.29) is 28.2 Å². The molecule has 0 aliphatic carbocycles. The quantitative estimate of drug-likeness (QED) is 0.254. The number of methoxy groups -OCH3 is 1. The monoisotopic (exact) mass is 708 g/mol. The molecule has 246 valence electrons. The second-order valence-electron chi connectivity index (χ2n) is 11.1. The highest BCUT2D eigenvalue weighted by Crippen LogP contribution is 2.37. The number of nitrogens with one attached hydrogen (secondary N) is 1. The van der Waals surface area contributed by atoms with Crippen molar-refractivity contribution in [3.63, 3.8) is 0 Å². The van der Waals surface area contributed by atoms with Gasteiger partial charge in [-0.15, -0.1) is 22.7 Å². The van der Waals surface area contributed by atoms with Crippen molar-refractivity contribution >= 4 is 63.2 Å². The number of hydrogen-bond acceptors (Lipinski definition) is 12. The van der Waals surface area contributed by atoms with Crippen LogP contribution in [0.2, 0.25) is 5.02 Å². The highest BCUT2D eigenvalue weighted by atomic mass is 35.5. The zero-order valence-corrected chi connectivity index (χ0v) is 27.6. The molecule has 6 heterocycles. The lowest BCUT2D eigenvalue weighted by atomic mass is 9.95. The van der Waals surface area contributed by atoms with E-state index < -0.39 is 23.8 Å². The Labute approximate surface area is 286 Å². The number of amides is 2. The number of piperazine rings is 1. The Balaban J connectivity index is 1.13. The van der Waals surface area contributed by atoms with Gasteiger partial charge in [0.05, 0.1) is 36.5 Å². The summed E-state index contributed by atoms with van der Waals surface area (Å²) in [5.41, 5.74) is 2.37. The lowest BCUT2D eigenvalue weighted by Crippen LogP contribution is -2.53. The number of pyridine rings is 1. The standard InChI is InChI=1S/C31H26ClFN8O5S2/c1-46-29(44)24-22(36-26(27-34-6-9-47-27)38-25(24)19-4-3-17(33)10-20(19)32)14-39-7-8-40-18(12-39)13-41(31(40)45)30-37-23(15-48-30)21-5-2-16(11-35-21)28(42)43/h2-6,9-11,15,18,25H,7-8,12-14H2,1H3,(H,36,38)(H,42,43)/t18-,25-/m0/s1. The number of carboxylic acids is 1. The largest absolute Gasteiger partial charge is 0.478 e. The van der Waals surface area contributed by atoms with Crippen molar-refractivity contribution in [3.05, 3.63) is 91.7 Å². The van der Waals surface area contributed by atoms with Crippen LogP contribution in [0.15, 0.2) is 69.7 Å². The van der Waals surface area contributed by atoms with Crippen LogP contribution >= 0.6 is 34.3 Å². The third-order valence-corrected chi connectivity index (χ3v) is 10.2. The van der Waals surface area contributed by atoms with Crippen LogP contribution in [-0.4, -0.2) is 99.5 Å². The molecule has 13 nitrogen and oxygen atoms in total. The fourth-order valence-corrected chi connectivity index (χ4v) is 7.62. The molecule has 1 aromatic carbocycles. The Morgan fingerprint density at radius 2 is 2.00 bits per heavy atom. The van der Waals surface area contributed by atoms with Crippen LogP contribution in [0.3, 0.4) is 0 Å². The molecule has 3 aliphatic rings. The van der Waals surface area contributed by atoms with E-state index in [0.717, 1.165) is 0 Å². The molecule has 2 saturated heterocycles. The Morgan fingerprint density at radius 1 is 1.15 bits per heavy atom. The van der Waals surface area contributed by atoms with E-state index in [1.165, 1.54) is 60.2 Å². The number of rotatable bonds is 8. The summed E-state index contributed by atoms with van der Waals surface area (Å²) >= 11 is 9.17. The summed E-state index contributed by atoms with van der Waals surface area (Å²) in [6.07, 6.45) is 2.93. The fraction of sp³-hybridized carbons (Fsp3) is 0.258. The molecule has 2 fully saturated rings. The second kappa shape index (κ2) is 13.0. The van der Waals surface area contributed by atoms with Gasteiger partial charge >= 0.3 is 18.0 Å². The van der Waals surface area contributed by atoms with Crippen LogP contribution in [0.25, 0.3) is 11.4 Å². The van der Waals surface area contributed by atoms with E-state index in [9.17, 15) is 18.8 Å². The smallest absolute Gasteiger partial charge is 0.338 e. The van der Waals surface area contributed by atoms with Crippen molar-refractivity contribution in [1.29, 1.82) is 0 Å². The van der Waals surface area contributed by atoms with Crippen LogP contribution in [0.4, 0.5) is 14.3 Å². The SMILES string of the molecule is COC(=O)C1=C(CN2CCN3C(=O)N(c4nc(-c5ccc(C(=O)O)cn5)cs4)C[C@@H]3C2)NC(c2nccs2)=N[C@H]1c1ccc(F)cc1Cl. The molecule has 0 unspecified atom stereocenters. The van der Waals surface area contributed by atoms with Crippen molar-refractivity contribution in [2.24, 2.45) is 4.99 Å². The molecule has 0 bridgehead atoms. The van der Waals surface area contributed by atoms with Crippen LogP contribution in [-0.2, 0) is 9.53 Å². The molecule has 17 heteroatoms. The first-order chi connectivity index (χ1) is 23.2. The molecule has 3 aliphatic heterocycles. The summed E-state index contributed by atoms with van der Waals surface area (Å²) in [7, 11) is 1.29. The summed E-state index contributed by atoms with van der Waals surface area (Å²) in [4.78, 5) is 61.6. The van der Waals surface area contributed by atoms with Gasteiger partial charge in [-0.2, -0.15) is 0 Å². The number of benzene rings is 1. The maximum absolute atomic E-state index is 14.0. The summed E-state index contributed by atoms with van der Waals surface area (Å²) in [6, 6.07) is 5.85. The van der Waals surface area contributed by atoms with Gasteiger partial charge in [-0.3, -0.25) is 19.8 Å². The molecular weight excluding hydrogens is 683 g/mol. The summed E-state index contributed by atoms with van der Waals surface area (Å²) in [5, 5.41) is 17.3. The number of carbonyl (C=O) groups excluding carboxylic acids is 2. The third-order valence-electron chi connectivity index (χ3n) is 8.24. The van der Waals surface area contributed by atoms with E-state index in [1.807, 2.05) is 10.3 Å². The van der Waals surface area contributed by atoms with Gasteiger partial charge in [0.15, 0.2) is 16.0 Å². The number of carbonyl (C=O) groups is 3. The maximum atomic E-state index is 14.0. The molecule has 0 spiro atoms. The number of aliphatic imine (C=N–C) groups is 1. The number of fused-ring (bicyclic) bond motifs is 1. The first-order valence-corrected chi connectivity index (χ1v) is 16.8. The van der Waals surface area contributed by atoms with Crippen LogP contribution < -0.4 is 10.2 Å². The zero-order chi connectivity index (χ0) is 33.5. The predicted molar refractivity (Wildman–Crippen MR) is 177 cm³/mol. The first kappa shape index (κ1) is 31.8. The number of urea groups is 1. The molecule has 3 aromatic heterocycles. The Kier molecular flexibility index (Phi) is 8.63. The lowest BCUT2D eigenvalue weighted by molar-refractivity contribution is -0.136. The molecule has 2 N–H and O–H groups in total. The first-order valence-electron chi connectivity index (χ1n) is 14.7. The van der Waals surface area contributed by atoms with Crippen molar-refractivity contribution in [1.82, 2.24) is 30.1 Å².